The second kappa shape index (κ2) is 12.0. The molecular formula is C28H32NO4+. The Hall–Kier alpha value is -3.44. The molecule has 3 aromatic rings. The average Bonchev–Trinajstić information content (AvgIpc) is 2.85. The zero-order valence-corrected chi connectivity index (χ0v) is 19.2. The third-order valence-electron chi connectivity index (χ3n) is 5.75. The molecule has 5 heteroatoms. The van der Waals surface area contributed by atoms with Crippen LogP contribution < -0.4 is 9.22 Å². The highest BCUT2D eigenvalue weighted by atomic mass is 16.5. The number of para-hydroxylation sites is 1. The Labute approximate surface area is 195 Å². The molecule has 0 spiro atoms. The lowest BCUT2D eigenvalue weighted by molar-refractivity contribution is 0.0822. The number of imide groups is 1. The highest BCUT2D eigenvalue weighted by molar-refractivity contribution is 6.18. The van der Waals surface area contributed by atoms with E-state index < -0.39 is 16.5 Å². The summed E-state index contributed by atoms with van der Waals surface area (Å²) in [6.07, 6.45) is 5.83. The van der Waals surface area contributed by atoms with Crippen LogP contribution in [0.2, 0.25) is 0 Å². The summed E-state index contributed by atoms with van der Waals surface area (Å²) in [4.78, 5) is 26.4. The van der Waals surface area contributed by atoms with Gasteiger partial charge in [-0.05, 0) is 30.7 Å². The SMILES string of the molecule is CCCCCCCCOc1ccc([N+](C(=O)O)(C(=O)c2ccccc2)c2ccccc2)cc1. The Morgan fingerprint density at radius 2 is 1.27 bits per heavy atom. The summed E-state index contributed by atoms with van der Waals surface area (Å²) >= 11 is 0. The largest absolute Gasteiger partial charge is 0.532 e. The van der Waals surface area contributed by atoms with Crippen LogP contribution in [0.25, 0.3) is 0 Å². The fourth-order valence-electron chi connectivity index (χ4n) is 3.96. The Morgan fingerprint density at radius 1 is 0.727 bits per heavy atom. The van der Waals surface area contributed by atoms with E-state index in [2.05, 4.69) is 6.92 Å². The van der Waals surface area contributed by atoms with Crippen molar-refractivity contribution < 1.29 is 19.4 Å². The van der Waals surface area contributed by atoms with Gasteiger partial charge in [0.2, 0.25) is 0 Å². The Balaban J connectivity index is 1.86. The van der Waals surface area contributed by atoms with Crippen LogP contribution in [0, 0.1) is 0 Å². The molecule has 2 amide bonds. The van der Waals surface area contributed by atoms with Gasteiger partial charge >= 0.3 is 12.0 Å². The van der Waals surface area contributed by atoms with Crippen LogP contribution in [0.1, 0.15) is 55.8 Å². The molecule has 0 fully saturated rings. The highest BCUT2D eigenvalue weighted by Gasteiger charge is 2.50. The van der Waals surface area contributed by atoms with Crippen LogP contribution in [0.15, 0.2) is 84.9 Å². The first kappa shape index (κ1) is 24.2. The second-order valence-corrected chi connectivity index (χ2v) is 8.07. The third-order valence-corrected chi connectivity index (χ3v) is 5.75. The van der Waals surface area contributed by atoms with Gasteiger partial charge in [0.05, 0.1) is 12.2 Å². The number of amides is 2. The van der Waals surface area contributed by atoms with Gasteiger partial charge in [0.15, 0.2) is 11.4 Å². The van der Waals surface area contributed by atoms with Gasteiger partial charge in [-0.3, -0.25) is 0 Å². The van der Waals surface area contributed by atoms with Crippen LogP contribution in [0.3, 0.4) is 0 Å². The van der Waals surface area contributed by atoms with Gasteiger partial charge in [-0.25, -0.2) is 4.79 Å². The fraction of sp³-hybridized carbons (Fsp3) is 0.286. The normalized spacial score (nSPS) is 12.6. The van der Waals surface area contributed by atoms with Gasteiger partial charge in [0.25, 0.3) is 0 Å². The maximum absolute atomic E-state index is 13.7. The molecule has 0 bridgehead atoms. The first-order valence-electron chi connectivity index (χ1n) is 11.6. The summed E-state index contributed by atoms with van der Waals surface area (Å²) < 4.78 is 4.90. The van der Waals surface area contributed by atoms with E-state index in [4.69, 9.17) is 4.74 Å². The molecule has 172 valence electrons. The summed E-state index contributed by atoms with van der Waals surface area (Å²) in [5.41, 5.74) is 1.03. The molecular weight excluding hydrogens is 414 g/mol. The number of carboxylic acid groups (broad SMARTS) is 1. The number of carbonyl (C=O) groups excluding carboxylic acids is 1. The number of rotatable bonds is 11. The number of hydrogen-bond acceptors (Lipinski definition) is 3. The van der Waals surface area contributed by atoms with Gasteiger partial charge in [-0.2, -0.15) is 4.79 Å². The van der Waals surface area contributed by atoms with Gasteiger partial charge in [0, 0.05) is 24.3 Å². The van der Waals surface area contributed by atoms with Crippen molar-refractivity contribution in [1.29, 1.82) is 0 Å². The molecule has 0 aliphatic rings. The molecule has 0 aromatic heterocycles. The minimum absolute atomic E-state index is 0.326. The fourth-order valence-corrected chi connectivity index (χ4v) is 3.96. The van der Waals surface area contributed by atoms with Crippen LogP contribution >= 0.6 is 0 Å². The predicted molar refractivity (Wildman–Crippen MR) is 132 cm³/mol. The molecule has 0 radical (unpaired) electrons. The molecule has 3 aromatic carbocycles. The van der Waals surface area contributed by atoms with E-state index in [0.717, 1.165) is 12.8 Å². The predicted octanol–water partition coefficient (Wildman–Crippen LogP) is 7.58. The smallest absolute Gasteiger partial charge is 0.494 e. The molecule has 0 aliphatic carbocycles. The zero-order chi connectivity index (χ0) is 23.5. The van der Waals surface area contributed by atoms with Crippen LogP contribution in [0.5, 0.6) is 5.75 Å². The van der Waals surface area contributed by atoms with E-state index in [1.54, 1.807) is 84.9 Å². The first-order chi connectivity index (χ1) is 16.1. The summed E-state index contributed by atoms with van der Waals surface area (Å²) in [7, 11) is 0. The Bertz CT molecular complexity index is 1020. The van der Waals surface area contributed by atoms with Crippen molar-refractivity contribution in [2.45, 2.75) is 45.4 Å². The van der Waals surface area contributed by atoms with Crippen LogP contribution in [-0.4, -0.2) is 23.7 Å². The van der Waals surface area contributed by atoms with E-state index in [0.29, 0.717) is 29.3 Å². The van der Waals surface area contributed by atoms with Crippen molar-refractivity contribution in [2.24, 2.45) is 0 Å². The third kappa shape index (κ3) is 5.68. The lowest BCUT2D eigenvalue weighted by atomic mass is 10.1. The molecule has 1 atom stereocenters. The minimum atomic E-state index is -1.27. The molecule has 0 heterocycles. The van der Waals surface area contributed by atoms with Gasteiger partial charge in [-0.15, -0.1) is 0 Å². The molecule has 1 N–H and O–H groups in total. The highest BCUT2D eigenvalue weighted by Crippen LogP contribution is 2.38. The summed E-state index contributed by atoms with van der Waals surface area (Å²) in [6, 6.07) is 23.9. The quantitative estimate of drug-likeness (QED) is 0.243. The number of ether oxygens (including phenoxy) is 1. The zero-order valence-electron chi connectivity index (χ0n) is 19.2. The van der Waals surface area contributed by atoms with Crippen molar-refractivity contribution >= 4 is 23.4 Å². The van der Waals surface area contributed by atoms with Crippen LogP contribution in [-0.2, 0) is 0 Å². The summed E-state index contributed by atoms with van der Waals surface area (Å²) in [5, 5.41) is 10.4. The summed E-state index contributed by atoms with van der Waals surface area (Å²) in [6.45, 7) is 2.82. The molecule has 0 saturated carbocycles. The number of hydrogen-bond donors (Lipinski definition) is 1. The van der Waals surface area contributed by atoms with E-state index in [1.165, 1.54) is 25.7 Å². The van der Waals surface area contributed by atoms with Gasteiger partial charge in [0.1, 0.15) is 5.75 Å². The monoisotopic (exact) mass is 446 g/mol. The number of carbonyl (C=O) groups is 2. The van der Waals surface area contributed by atoms with Gasteiger partial charge < -0.3 is 9.84 Å². The van der Waals surface area contributed by atoms with E-state index in [1.807, 2.05) is 0 Å². The van der Waals surface area contributed by atoms with Gasteiger partial charge in [-0.1, -0.05) is 79.9 Å². The van der Waals surface area contributed by atoms with E-state index in [-0.39, 0.29) is 0 Å². The molecule has 0 aliphatic heterocycles. The second-order valence-electron chi connectivity index (χ2n) is 8.07. The Morgan fingerprint density at radius 3 is 1.88 bits per heavy atom. The Kier molecular flexibility index (Phi) is 8.79. The standard InChI is InChI=1S/C28H31NO4/c1-2-3-4-5-6-13-22-33-26-20-18-25(19-21-26)29(28(31)32,24-16-11-8-12-17-24)27(30)23-14-9-7-10-15-23/h7-12,14-21H,2-6,13,22H2,1H3/p+1. The topological polar surface area (TPSA) is 63.6 Å². The lowest BCUT2D eigenvalue weighted by Gasteiger charge is -2.29. The van der Waals surface area contributed by atoms with Crippen molar-refractivity contribution in [3.63, 3.8) is 0 Å². The number of unbranched alkanes of at least 4 members (excludes halogenated alkanes) is 5. The maximum Gasteiger partial charge on any atom is 0.532 e. The van der Waals surface area contributed by atoms with Crippen LogP contribution in [0.4, 0.5) is 16.2 Å². The molecule has 1 unspecified atom stereocenters. The molecule has 33 heavy (non-hydrogen) atoms. The lowest BCUT2D eigenvalue weighted by Crippen LogP contribution is -2.53. The maximum atomic E-state index is 13.7. The molecule has 5 nitrogen and oxygen atoms in total. The van der Waals surface area contributed by atoms with Crippen molar-refractivity contribution in [3.05, 3.63) is 90.5 Å². The molecule has 0 saturated heterocycles. The van der Waals surface area contributed by atoms with E-state index >= 15 is 0 Å². The first-order valence-corrected chi connectivity index (χ1v) is 11.6. The number of nitrogens with zero attached hydrogens (tertiary/aromatic N) is 1. The van der Waals surface area contributed by atoms with Crippen molar-refractivity contribution in [3.8, 4) is 5.75 Å². The molecule has 3 rings (SSSR count). The van der Waals surface area contributed by atoms with E-state index in [9.17, 15) is 14.7 Å². The summed E-state index contributed by atoms with van der Waals surface area (Å²) in [5.74, 6) is 0.131. The average molecular weight is 447 g/mol. The number of benzene rings is 3. The minimum Gasteiger partial charge on any atom is -0.494 e. The van der Waals surface area contributed by atoms with Crippen molar-refractivity contribution in [1.82, 2.24) is 4.48 Å². The van der Waals surface area contributed by atoms with Crippen molar-refractivity contribution in [2.75, 3.05) is 6.61 Å². The number of quaternary nitrogens is 1.